The van der Waals surface area contributed by atoms with Crippen molar-refractivity contribution in [2.24, 2.45) is 5.92 Å². The number of carbonyl (C=O) groups excluding carboxylic acids is 1. The highest BCUT2D eigenvalue weighted by atomic mass is 19.1. The Hall–Kier alpha value is -2.21. The summed E-state index contributed by atoms with van der Waals surface area (Å²) in [5, 5.41) is 7.31. The minimum Gasteiger partial charge on any atom is -0.324 e. The first-order valence-corrected chi connectivity index (χ1v) is 10.3. The Balaban J connectivity index is 1.50. The van der Waals surface area contributed by atoms with Crippen molar-refractivity contribution in [3.8, 4) is 0 Å². The summed E-state index contributed by atoms with van der Waals surface area (Å²) in [5.74, 6) is -0.00172. The van der Waals surface area contributed by atoms with Crippen LogP contribution >= 0.6 is 0 Å². The molecular weight excluding hydrogens is 355 g/mol. The van der Waals surface area contributed by atoms with Crippen LogP contribution in [0.3, 0.4) is 0 Å². The van der Waals surface area contributed by atoms with E-state index in [0.717, 1.165) is 51.1 Å². The van der Waals surface area contributed by atoms with E-state index in [1.54, 1.807) is 18.2 Å². The summed E-state index contributed by atoms with van der Waals surface area (Å²) in [7, 11) is 0. The van der Waals surface area contributed by atoms with Crippen LogP contribution in [0, 0.1) is 25.6 Å². The quantitative estimate of drug-likeness (QED) is 0.772. The molecule has 152 valence electrons. The van der Waals surface area contributed by atoms with Crippen LogP contribution in [0.2, 0.25) is 0 Å². The Morgan fingerprint density at radius 1 is 1.32 bits per heavy atom. The zero-order chi connectivity index (χ0) is 20.1. The summed E-state index contributed by atoms with van der Waals surface area (Å²) in [5.41, 5.74) is 3.97. The lowest BCUT2D eigenvalue weighted by Crippen LogP contribution is -2.35. The van der Waals surface area contributed by atoms with Gasteiger partial charge in [0, 0.05) is 37.3 Å². The molecule has 0 aliphatic carbocycles. The molecule has 3 rings (SSSR count). The molecule has 5 nitrogen and oxygen atoms in total. The molecule has 28 heavy (non-hydrogen) atoms. The van der Waals surface area contributed by atoms with Crippen LogP contribution in [0.25, 0.3) is 0 Å². The lowest BCUT2D eigenvalue weighted by molar-refractivity contribution is -0.116. The standard InChI is InChI=1S/C22H31FN4O/c1-4-27-17(3)19(16(2)25-27)15-26-13-7-8-18(14-26)11-12-22(28)24-21-10-6-5-9-20(21)23/h5-6,9-10,18H,4,7-8,11-15H2,1-3H3,(H,24,28)/t18-/m0/s1. The summed E-state index contributed by atoms with van der Waals surface area (Å²) in [4.78, 5) is 14.7. The van der Waals surface area contributed by atoms with E-state index in [0.29, 0.717) is 12.3 Å². The van der Waals surface area contributed by atoms with Crippen LogP contribution in [0.5, 0.6) is 0 Å². The molecule has 1 aliphatic heterocycles. The van der Waals surface area contributed by atoms with Gasteiger partial charge in [-0.1, -0.05) is 12.1 Å². The number of likely N-dealkylation sites (tertiary alicyclic amines) is 1. The second kappa shape index (κ2) is 9.32. The summed E-state index contributed by atoms with van der Waals surface area (Å²) >= 11 is 0. The smallest absolute Gasteiger partial charge is 0.224 e. The van der Waals surface area contributed by atoms with Gasteiger partial charge in [-0.05, 0) is 64.6 Å². The van der Waals surface area contributed by atoms with Gasteiger partial charge >= 0.3 is 0 Å². The van der Waals surface area contributed by atoms with E-state index in [4.69, 9.17) is 0 Å². The molecule has 1 fully saturated rings. The SMILES string of the molecule is CCn1nc(C)c(CN2CCC[C@@H](CCC(=O)Nc3ccccc3F)C2)c1C. The molecule has 2 heterocycles. The number of nitrogens with zero attached hydrogens (tertiary/aromatic N) is 3. The van der Waals surface area contributed by atoms with Gasteiger partial charge in [-0.3, -0.25) is 14.4 Å². The van der Waals surface area contributed by atoms with E-state index in [1.807, 2.05) is 0 Å². The van der Waals surface area contributed by atoms with Crippen LogP contribution < -0.4 is 5.32 Å². The van der Waals surface area contributed by atoms with Crippen molar-refractivity contribution < 1.29 is 9.18 Å². The fraction of sp³-hybridized carbons (Fsp3) is 0.545. The number of amides is 1. The number of para-hydroxylation sites is 1. The molecular formula is C22H31FN4O. The summed E-state index contributed by atoms with van der Waals surface area (Å²) < 4.78 is 15.7. The largest absolute Gasteiger partial charge is 0.324 e. The molecule has 1 amide bonds. The van der Waals surface area contributed by atoms with Crippen molar-refractivity contribution in [2.75, 3.05) is 18.4 Å². The van der Waals surface area contributed by atoms with E-state index in [1.165, 1.54) is 17.3 Å². The topological polar surface area (TPSA) is 50.2 Å². The molecule has 1 N–H and O–H groups in total. The van der Waals surface area contributed by atoms with Crippen LogP contribution in [0.4, 0.5) is 10.1 Å². The number of aromatic nitrogens is 2. The number of nitrogens with one attached hydrogen (secondary N) is 1. The highest BCUT2D eigenvalue weighted by Gasteiger charge is 2.23. The maximum Gasteiger partial charge on any atom is 0.224 e. The lowest BCUT2D eigenvalue weighted by atomic mass is 9.93. The van der Waals surface area contributed by atoms with Crippen LogP contribution in [-0.2, 0) is 17.9 Å². The lowest BCUT2D eigenvalue weighted by Gasteiger charge is -2.32. The van der Waals surface area contributed by atoms with Gasteiger partial charge in [-0.25, -0.2) is 4.39 Å². The van der Waals surface area contributed by atoms with Gasteiger partial charge < -0.3 is 5.32 Å². The fourth-order valence-corrected chi connectivity index (χ4v) is 4.14. The molecule has 6 heteroatoms. The molecule has 0 saturated carbocycles. The molecule has 1 aliphatic rings. The molecule has 1 aromatic carbocycles. The molecule has 1 aromatic heterocycles. The number of hydrogen-bond acceptors (Lipinski definition) is 3. The molecule has 2 aromatic rings. The number of carbonyl (C=O) groups is 1. The predicted molar refractivity (Wildman–Crippen MR) is 110 cm³/mol. The Labute approximate surface area is 166 Å². The zero-order valence-electron chi connectivity index (χ0n) is 17.2. The van der Waals surface area contributed by atoms with Gasteiger partial charge in [0.15, 0.2) is 0 Å². The van der Waals surface area contributed by atoms with Crippen LogP contribution in [0.15, 0.2) is 24.3 Å². The number of halogens is 1. The maximum atomic E-state index is 13.7. The van der Waals surface area contributed by atoms with Crippen molar-refractivity contribution in [3.63, 3.8) is 0 Å². The van der Waals surface area contributed by atoms with E-state index < -0.39 is 5.82 Å². The van der Waals surface area contributed by atoms with Crippen LogP contribution in [-0.4, -0.2) is 33.7 Å². The number of piperidine rings is 1. The van der Waals surface area contributed by atoms with Crippen LogP contribution in [0.1, 0.15) is 49.6 Å². The molecule has 0 bridgehead atoms. The monoisotopic (exact) mass is 386 g/mol. The van der Waals surface area contributed by atoms with E-state index in [9.17, 15) is 9.18 Å². The number of aryl methyl sites for hydroxylation is 2. The maximum absolute atomic E-state index is 13.7. The summed E-state index contributed by atoms with van der Waals surface area (Å²) in [6.45, 7) is 10.3. The predicted octanol–water partition coefficient (Wildman–Crippen LogP) is 4.29. The van der Waals surface area contributed by atoms with E-state index in [-0.39, 0.29) is 11.6 Å². The van der Waals surface area contributed by atoms with Crippen molar-refractivity contribution in [2.45, 2.75) is 59.5 Å². The third kappa shape index (κ3) is 4.98. The minimum absolute atomic E-state index is 0.113. The average molecular weight is 387 g/mol. The molecule has 0 radical (unpaired) electrons. The van der Waals surface area contributed by atoms with Gasteiger partial charge in [0.2, 0.25) is 5.91 Å². The molecule has 0 spiro atoms. The first-order chi connectivity index (χ1) is 13.5. The number of benzene rings is 1. The number of anilines is 1. The fourth-order valence-electron chi connectivity index (χ4n) is 4.14. The van der Waals surface area contributed by atoms with Gasteiger partial charge in [0.1, 0.15) is 5.82 Å². The normalized spacial score (nSPS) is 17.6. The van der Waals surface area contributed by atoms with Gasteiger partial charge in [-0.2, -0.15) is 5.10 Å². The Morgan fingerprint density at radius 3 is 2.82 bits per heavy atom. The van der Waals surface area contributed by atoms with Gasteiger partial charge in [0.25, 0.3) is 0 Å². The Bertz CT molecular complexity index is 817. The molecule has 1 saturated heterocycles. The van der Waals surface area contributed by atoms with Gasteiger partial charge in [0.05, 0.1) is 11.4 Å². The molecule has 1 atom stereocenters. The van der Waals surface area contributed by atoms with E-state index in [2.05, 4.69) is 40.8 Å². The first-order valence-electron chi connectivity index (χ1n) is 10.3. The second-order valence-electron chi connectivity index (χ2n) is 7.78. The van der Waals surface area contributed by atoms with Crippen molar-refractivity contribution in [1.29, 1.82) is 0 Å². The third-order valence-corrected chi connectivity index (χ3v) is 5.74. The van der Waals surface area contributed by atoms with E-state index >= 15 is 0 Å². The number of rotatable bonds is 7. The number of hydrogen-bond donors (Lipinski definition) is 1. The highest BCUT2D eigenvalue weighted by Crippen LogP contribution is 2.24. The minimum atomic E-state index is -0.391. The summed E-state index contributed by atoms with van der Waals surface area (Å²) in [6.07, 6.45) is 3.57. The summed E-state index contributed by atoms with van der Waals surface area (Å²) in [6, 6.07) is 6.30. The average Bonchev–Trinajstić information content (AvgIpc) is 2.96. The third-order valence-electron chi connectivity index (χ3n) is 5.74. The zero-order valence-corrected chi connectivity index (χ0v) is 17.2. The highest BCUT2D eigenvalue weighted by molar-refractivity contribution is 5.90. The Morgan fingerprint density at radius 2 is 2.11 bits per heavy atom. The molecule has 0 unspecified atom stereocenters. The van der Waals surface area contributed by atoms with Crippen molar-refractivity contribution in [1.82, 2.24) is 14.7 Å². The second-order valence-corrected chi connectivity index (χ2v) is 7.78. The first kappa shape index (κ1) is 20.5. The Kier molecular flexibility index (Phi) is 6.83. The van der Waals surface area contributed by atoms with Crippen molar-refractivity contribution >= 4 is 11.6 Å². The van der Waals surface area contributed by atoms with Gasteiger partial charge in [-0.15, -0.1) is 0 Å². The van der Waals surface area contributed by atoms with Crippen molar-refractivity contribution in [3.05, 3.63) is 47.0 Å².